The zero-order chi connectivity index (χ0) is 16.4. The second-order valence-corrected chi connectivity index (χ2v) is 7.75. The van der Waals surface area contributed by atoms with Crippen molar-refractivity contribution in [3.63, 3.8) is 0 Å². The van der Waals surface area contributed by atoms with Gasteiger partial charge in [-0.25, -0.2) is 4.79 Å². The molecule has 122 valence electrons. The van der Waals surface area contributed by atoms with Crippen molar-refractivity contribution >= 4 is 6.03 Å². The van der Waals surface area contributed by atoms with E-state index in [-0.39, 0.29) is 29.2 Å². The van der Waals surface area contributed by atoms with E-state index in [1.165, 1.54) is 0 Å². The van der Waals surface area contributed by atoms with Crippen molar-refractivity contribution in [2.24, 2.45) is 0 Å². The van der Waals surface area contributed by atoms with Crippen LogP contribution < -0.4 is 16.0 Å². The minimum absolute atomic E-state index is 0.00364. The highest BCUT2D eigenvalue weighted by molar-refractivity contribution is 5.74. The Kier molecular flexibility index (Phi) is 4.81. The summed E-state index contributed by atoms with van der Waals surface area (Å²) in [4.78, 5) is 12.3. The summed E-state index contributed by atoms with van der Waals surface area (Å²) in [6.45, 7) is 10.8. The van der Waals surface area contributed by atoms with E-state index in [0.717, 1.165) is 18.4 Å². The van der Waals surface area contributed by atoms with E-state index in [1.54, 1.807) is 0 Å². The van der Waals surface area contributed by atoms with Crippen LogP contribution in [-0.2, 0) is 0 Å². The molecule has 0 unspecified atom stereocenters. The molecule has 1 heterocycles. The maximum atomic E-state index is 12.3. The molecule has 0 spiro atoms. The van der Waals surface area contributed by atoms with Crippen LogP contribution in [-0.4, -0.2) is 23.2 Å². The highest BCUT2D eigenvalue weighted by atomic mass is 16.2. The van der Waals surface area contributed by atoms with Crippen LogP contribution in [0, 0.1) is 0 Å². The molecule has 1 atom stereocenters. The first-order valence-electron chi connectivity index (χ1n) is 8.08. The number of piperidine rings is 1. The minimum atomic E-state index is -0.0881. The lowest BCUT2D eigenvalue weighted by Crippen LogP contribution is -2.62. The van der Waals surface area contributed by atoms with Crippen LogP contribution in [0.25, 0.3) is 0 Å². The van der Waals surface area contributed by atoms with Gasteiger partial charge in [-0.1, -0.05) is 30.3 Å². The predicted octanol–water partition coefficient (Wildman–Crippen LogP) is 3.36. The van der Waals surface area contributed by atoms with Crippen LogP contribution in [0.5, 0.6) is 0 Å². The molecule has 3 N–H and O–H groups in total. The van der Waals surface area contributed by atoms with Crippen LogP contribution >= 0.6 is 0 Å². The van der Waals surface area contributed by atoms with Crippen LogP contribution in [0.2, 0.25) is 0 Å². The van der Waals surface area contributed by atoms with Crippen molar-refractivity contribution in [2.45, 2.75) is 70.6 Å². The lowest BCUT2D eigenvalue weighted by atomic mass is 9.80. The molecule has 1 aliphatic heterocycles. The topological polar surface area (TPSA) is 53.2 Å². The van der Waals surface area contributed by atoms with Crippen molar-refractivity contribution in [3.8, 4) is 0 Å². The van der Waals surface area contributed by atoms with Crippen LogP contribution in [0.1, 0.15) is 59.1 Å². The number of carbonyl (C=O) groups excluding carboxylic acids is 1. The third-order valence-electron chi connectivity index (χ3n) is 4.17. The van der Waals surface area contributed by atoms with Crippen molar-refractivity contribution in [2.75, 3.05) is 0 Å². The predicted molar refractivity (Wildman–Crippen MR) is 90.8 cm³/mol. The molecule has 0 bridgehead atoms. The average Bonchev–Trinajstić information content (AvgIpc) is 2.35. The van der Waals surface area contributed by atoms with E-state index >= 15 is 0 Å². The molecule has 4 heteroatoms. The van der Waals surface area contributed by atoms with E-state index in [4.69, 9.17) is 0 Å². The molecule has 0 aliphatic carbocycles. The maximum Gasteiger partial charge on any atom is 0.315 e. The summed E-state index contributed by atoms with van der Waals surface area (Å²) in [7, 11) is 0. The zero-order valence-corrected chi connectivity index (χ0v) is 14.4. The summed E-state index contributed by atoms with van der Waals surface area (Å²) in [5, 5.41) is 9.80. The third kappa shape index (κ3) is 4.73. The van der Waals surface area contributed by atoms with Gasteiger partial charge in [0.2, 0.25) is 0 Å². The number of benzene rings is 1. The van der Waals surface area contributed by atoms with Gasteiger partial charge >= 0.3 is 6.03 Å². The molecule has 1 fully saturated rings. The summed E-state index contributed by atoms with van der Waals surface area (Å²) in [6, 6.07) is 10.1. The van der Waals surface area contributed by atoms with Crippen molar-refractivity contribution in [3.05, 3.63) is 35.9 Å². The van der Waals surface area contributed by atoms with Gasteiger partial charge < -0.3 is 16.0 Å². The summed E-state index contributed by atoms with van der Waals surface area (Å²) in [5.74, 6) is 0. The van der Waals surface area contributed by atoms with E-state index in [1.807, 2.05) is 37.3 Å². The molecule has 2 rings (SSSR count). The molecule has 1 aromatic carbocycles. The summed E-state index contributed by atoms with van der Waals surface area (Å²) < 4.78 is 0. The van der Waals surface area contributed by atoms with Gasteiger partial charge in [-0.3, -0.25) is 0 Å². The zero-order valence-electron chi connectivity index (χ0n) is 14.4. The van der Waals surface area contributed by atoms with Gasteiger partial charge in [-0.15, -0.1) is 0 Å². The monoisotopic (exact) mass is 303 g/mol. The Labute approximate surface area is 134 Å². The normalized spacial score (nSPS) is 21.9. The van der Waals surface area contributed by atoms with E-state index in [2.05, 4.69) is 43.6 Å². The molecular formula is C18H29N3O. The SMILES string of the molecule is C[C@H](NC(=O)NC1CC(C)(C)NC(C)(C)C1)c1ccccc1. The van der Waals surface area contributed by atoms with Crippen LogP contribution in [0.15, 0.2) is 30.3 Å². The molecule has 22 heavy (non-hydrogen) atoms. The summed E-state index contributed by atoms with van der Waals surface area (Å²) >= 11 is 0. The summed E-state index contributed by atoms with van der Waals surface area (Å²) in [6.07, 6.45) is 1.87. The van der Waals surface area contributed by atoms with Crippen LogP contribution in [0.3, 0.4) is 0 Å². The first-order valence-corrected chi connectivity index (χ1v) is 8.08. The van der Waals surface area contributed by atoms with Crippen molar-refractivity contribution in [1.82, 2.24) is 16.0 Å². The first kappa shape index (κ1) is 16.8. The van der Waals surface area contributed by atoms with Gasteiger partial charge in [0.1, 0.15) is 0 Å². The fraction of sp³-hybridized carbons (Fsp3) is 0.611. The van der Waals surface area contributed by atoms with Gasteiger partial charge in [-0.05, 0) is 53.0 Å². The van der Waals surface area contributed by atoms with Gasteiger partial charge in [-0.2, -0.15) is 0 Å². The quantitative estimate of drug-likeness (QED) is 0.802. The van der Waals surface area contributed by atoms with Gasteiger partial charge in [0.15, 0.2) is 0 Å². The number of carbonyl (C=O) groups is 1. The average molecular weight is 303 g/mol. The second-order valence-electron chi connectivity index (χ2n) is 7.75. The Bertz CT molecular complexity index is 494. The second kappa shape index (κ2) is 6.29. The fourth-order valence-electron chi connectivity index (χ4n) is 3.67. The Morgan fingerprint density at radius 1 is 1.14 bits per heavy atom. The molecule has 4 nitrogen and oxygen atoms in total. The van der Waals surface area contributed by atoms with Crippen molar-refractivity contribution in [1.29, 1.82) is 0 Å². The Balaban J connectivity index is 1.92. The largest absolute Gasteiger partial charge is 0.335 e. The molecule has 0 saturated carbocycles. The maximum absolute atomic E-state index is 12.3. The minimum Gasteiger partial charge on any atom is -0.335 e. The number of amides is 2. The van der Waals surface area contributed by atoms with E-state index < -0.39 is 0 Å². The fourth-order valence-corrected chi connectivity index (χ4v) is 3.67. The molecule has 2 amide bonds. The smallest absolute Gasteiger partial charge is 0.315 e. The van der Waals surface area contributed by atoms with Gasteiger partial charge in [0.25, 0.3) is 0 Å². The highest BCUT2D eigenvalue weighted by Crippen LogP contribution is 2.28. The number of urea groups is 1. The summed E-state index contributed by atoms with van der Waals surface area (Å²) in [5.41, 5.74) is 1.18. The lowest BCUT2D eigenvalue weighted by Gasteiger charge is -2.46. The Morgan fingerprint density at radius 3 is 2.23 bits per heavy atom. The van der Waals surface area contributed by atoms with Crippen molar-refractivity contribution < 1.29 is 4.79 Å². The Morgan fingerprint density at radius 2 is 1.68 bits per heavy atom. The Hall–Kier alpha value is -1.55. The number of hydrogen-bond donors (Lipinski definition) is 3. The molecule has 1 aromatic rings. The molecule has 1 aliphatic rings. The first-order chi connectivity index (χ1) is 10.2. The van der Waals surface area contributed by atoms with E-state index in [9.17, 15) is 4.79 Å². The van der Waals surface area contributed by atoms with Gasteiger partial charge in [0.05, 0.1) is 6.04 Å². The standard InChI is InChI=1S/C18H29N3O/c1-13(14-9-7-6-8-10-14)19-16(22)20-15-11-17(2,3)21-18(4,5)12-15/h6-10,13,15,21H,11-12H2,1-5H3,(H2,19,20,22)/t13-/m0/s1. The number of nitrogens with one attached hydrogen (secondary N) is 3. The molecule has 0 radical (unpaired) electrons. The molecule has 1 saturated heterocycles. The van der Waals surface area contributed by atoms with E-state index in [0.29, 0.717) is 0 Å². The number of rotatable bonds is 3. The van der Waals surface area contributed by atoms with Gasteiger partial charge in [0, 0.05) is 17.1 Å². The highest BCUT2D eigenvalue weighted by Gasteiger charge is 2.38. The third-order valence-corrected chi connectivity index (χ3v) is 4.17. The van der Waals surface area contributed by atoms with Crippen LogP contribution in [0.4, 0.5) is 4.79 Å². The molecule has 0 aromatic heterocycles. The lowest BCUT2D eigenvalue weighted by molar-refractivity contribution is 0.147. The molecular weight excluding hydrogens is 274 g/mol. The number of hydrogen-bond acceptors (Lipinski definition) is 2.